The molecule has 0 amide bonds. The second-order valence-corrected chi connectivity index (χ2v) is 11.6. The maximum atomic E-state index is 13.6. The van der Waals surface area contributed by atoms with Crippen molar-refractivity contribution in [3.8, 4) is 5.75 Å². The summed E-state index contributed by atoms with van der Waals surface area (Å²) in [4.78, 5) is 11.5. The van der Waals surface area contributed by atoms with Gasteiger partial charge in [-0.3, -0.25) is 0 Å². The molecule has 2 heterocycles. The third-order valence-electron chi connectivity index (χ3n) is 6.06. The predicted molar refractivity (Wildman–Crippen MR) is 139 cm³/mol. The van der Waals surface area contributed by atoms with Crippen molar-refractivity contribution < 1.29 is 13.2 Å². The van der Waals surface area contributed by atoms with Gasteiger partial charge >= 0.3 is 0 Å². The first kappa shape index (κ1) is 24.9. The molecule has 0 saturated carbocycles. The summed E-state index contributed by atoms with van der Waals surface area (Å²) in [6.45, 7) is 9.78. The predicted octanol–water partition coefficient (Wildman–Crippen LogP) is 4.35. The van der Waals surface area contributed by atoms with E-state index in [2.05, 4.69) is 36.1 Å². The fourth-order valence-corrected chi connectivity index (χ4v) is 5.64. The topological polar surface area (TPSA) is 87.7 Å². The molecule has 0 unspecified atom stereocenters. The summed E-state index contributed by atoms with van der Waals surface area (Å²) >= 11 is 0. The van der Waals surface area contributed by atoms with E-state index in [0.717, 1.165) is 16.9 Å². The number of sulfonamides is 1. The van der Waals surface area contributed by atoms with Gasteiger partial charge in [-0.25, -0.2) is 13.4 Å². The molecule has 9 heteroatoms. The molecule has 4 rings (SSSR count). The molecule has 1 aromatic heterocycles. The minimum atomic E-state index is -3.72. The van der Waals surface area contributed by atoms with Gasteiger partial charge in [0.15, 0.2) is 0 Å². The fourth-order valence-electron chi connectivity index (χ4n) is 4.04. The molecule has 0 aliphatic carbocycles. The maximum Gasteiger partial charge on any atom is 0.246 e. The van der Waals surface area contributed by atoms with Crippen molar-refractivity contribution in [3.05, 3.63) is 65.9 Å². The second-order valence-electron chi connectivity index (χ2n) is 9.69. The summed E-state index contributed by atoms with van der Waals surface area (Å²) in [5.41, 5.74) is 2.55. The van der Waals surface area contributed by atoms with Crippen LogP contribution in [0.2, 0.25) is 0 Å². The van der Waals surface area contributed by atoms with Gasteiger partial charge in [0.1, 0.15) is 16.5 Å². The van der Waals surface area contributed by atoms with E-state index in [1.807, 2.05) is 54.3 Å². The summed E-state index contributed by atoms with van der Waals surface area (Å²) in [5.74, 6) is 1.66. The minimum absolute atomic E-state index is 0.177. The van der Waals surface area contributed by atoms with E-state index in [4.69, 9.17) is 4.74 Å². The van der Waals surface area contributed by atoms with Crippen molar-refractivity contribution in [3.63, 3.8) is 0 Å². The van der Waals surface area contributed by atoms with E-state index >= 15 is 0 Å². The van der Waals surface area contributed by atoms with Crippen LogP contribution in [0.5, 0.6) is 5.75 Å². The van der Waals surface area contributed by atoms with E-state index in [0.29, 0.717) is 43.7 Å². The Labute approximate surface area is 208 Å². The molecule has 1 saturated heterocycles. The standard InChI is InChI=1S/C26H33N5O3S/c1-19-17-24(28-21-9-7-6-8-10-21)29-25(27-19)30-13-15-31(16-14-30)35(32,33)23-18-20(26(2,3)4)11-12-22(23)34-5/h6-12,17-18H,13-16H2,1-5H3,(H,27,28,29). The first-order valence-corrected chi connectivity index (χ1v) is 13.1. The molecule has 0 radical (unpaired) electrons. The van der Waals surface area contributed by atoms with Gasteiger partial charge in [-0.15, -0.1) is 0 Å². The number of methoxy groups -OCH3 is 1. The number of rotatable bonds is 6. The molecule has 186 valence electrons. The number of ether oxygens (including phenoxy) is 1. The van der Waals surface area contributed by atoms with Crippen LogP contribution in [0.25, 0.3) is 0 Å². The number of aromatic nitrogens is 2. The van der Waals surface area contributed by atoms with E-state index < -0.39 is 10.0 Å². The van der Waals surface area contributed by atoms with E-state index in [1.165, 1.54) is 11.4 Å². The molecule has 1 aliphatic rings. The molecule has 1 aliphatic heterocycles. The van der Waals surface area contributed by atoms with Crippen LogP contribution in [0.3, 0.4) is 0 Å². The van der Waals surface area contributed by atoms with Crippen LogP contribution in [0.1, 0.15) is 32.0 Å². The average Bonchev–Trinajstić information content (AvgIpc) is 2.83. The van der Waals surface area contributed by atoms with Gasteiger partial charge in [-0.05, 0) is 42.2 Å². The molecule has 8 nitrogen and oxygen atoms in total. The van der Waals surface area contributed by atoms with Crippen LogP contribution in [0.4, 0.5) is 17.5 Å². The second kappa shape index (κ2) is 9.83. The van der Waals surface area contributed by atoms with E-state index in [-0.39, 0.29) is 10.3 Å². The average molecular weight is 496 g/mol. The fraction of sp³-hybridized carbons (Fsp3) is 0.385. The van der Waals surface area contributed by atoms with Crippen molar-refractivity contribution in [2.45, 2.75) is 38.0 Å². The summed E-state index contributed by atoms with van der Waals surface area (Å²) in [7, 11) is -2.22. The lowest BCUT2D eigenvalue weighted by Gasteiger charge is -2.34. The summed E-state index contributed by atoms with van der Waals surface area (Å²) in [6.07, 6.45) is 0. The summed E-state index contributed by atoms with van der Waals surface area (Å²) in [5, 5.41) is 3.31. The molecule has 1 N–H and O–H groups in total. The molecule has 35 heavy (non-hydrogen) atoms. The molecule has 0 atom stereocenters. The Kier molecular flexibility index (Phi) is 7.00. The third kappa shape index (κ3) is 5.57. The maximum absolute atomic E-state index is 13.6. The Balaban J connectivity index is 1.52. The van der Waals surface area contributed by atoms with Gasteiger partial charge in [0.2, 0.25) is 16.0 Å². The SMILES string of the molecule is COc1ccc(C(C)(C)C)cc1S(=O)(=O)N1CCN(c2nc(C)cc(Nc3ccccc3)n2)CC1. The van der Waals surface area contributed by atoms with Crippen molar-refractivity contribution in [1.82, 2.24) is 14.3 Å². The Morgan fingerprint density at radius 1 is 0.943 bits per heavy atom. The third-order valence-corrected chi connectivity index (χ3v) is 7.98. The van der Waals surface area contributed by atoms with Crippen molar-refractivity contribution in [2.75, 3.05) is 43.5 Å². The molecule has 1 fully saturated rings. The van der Waals surface area contributed by atoms with Crippen molar-refractivity contribution >= 4 is 27.5 Å². The monoisotopic (exact) mass is 495 g/mol. The number of nitrogens with one attached hydrogen (secondary N) is 1. The molecule has 2 aromatic carbocycles. The normalized spacial score (nSPS) is 15.2. The van der Waals surface area contributed by atoms with Crippen molar-refractivity contribution in [2.24, 2.45) is 0 Å². The number of anilines is 3. The first-order valence-electron chi connectivity index (χ1n) is 11.7. The zero-order valence-electron chi connectivity index (χ0n) is 20.9. The lowest BCUT2D eigenvalue weighted by atomic mass is 9.87. The molecule has 3 aromatic rings. The molecule has 0 spiro atoms. The Morgan fingerprint density at radius 2 is 1.63 bits per heavy atom. The summed E-state index contributed by atoms with van der Waals surface area (Å²) < 4.78 is 34.1. The largest absolute Gasteiger partial charge is 0.495 e. The van der Waals surface area contributed by atoms with Gasteiger partial charge in [0.05, 0.1) is 7.11 Å². The van der Waals surface area contributed by atoms with Crippen LogP contribution in [-0.2, 0) is 15.4 Å². The highest BCUT2D eigenvalue weighted by molar-refractivity contribution is 7.89. The van der Waals surface area contributed by atoms with E-state index in [9.17, 15) is 8.42 Å². The van der Waals surface area contributed by atoms with Crippen LogP contribution in [0, 0.1) is 6.92 Å². The highest BCUT2D eigenvalue weighted by Gasteiger charge is 2.32. The zero-order chi connectivity index (χ0) is 25.2. The Morgan fingerprint density at radius 3 is 2.26 bits per heavy atom. The molecule has 0 bridgehead atoms. The quantitative estimate of drug-likeness (QED) is 0.544. The van der Waals surface area contributed by atoms with Crippen LogP contribution >= 0.6 is 0 Å². The number of benzene rings is 2. The number of piperazine rings is 1. The minimum Gasteiger partial charge on any atom is -0.495 e. The number of aryl methyl sites for hydroxylation is 1. The number of hydrogen-bond donors (Lipinski definition) is 1. The van der Waals surface area contributed by atoms with Gasteiger partial charge in [0, 0.05) is 43.6 Å². The van der Waals surface area contributed by atoms with Gasteiger partial charge < -0.3 is 15.0 Å². The van der Waals surface area contributed by atoms with Crippen LogP contribution in [-0.4, -0.2) is 56.0 Å². The van der Waals surface area contributed by atoms with Crippen LogP contribution < -0.4 is 15.0 Å². The lowest BCUT2D eigenvalue weighted by molar-refractivity contribution is 0.372. The number of para-hydroxylation sites is 1. The van der Waals surface area contributed by atoms with Crippen LogP contribution in [0.15, 0.2) is 59.5 Å². The van der Waals surface area contributed by atoms with Crippen molar-refractivity contribution in [1.29, 1.82) is 0 Å². The first-order chi connectivity index (χ1) is 16.6. The number of nitrogens with zero attached hydrogens (tertiary/aromatic N) is 4. The number of hydrogen-bond acceptors (Lipinski definition) is 7. The van der Waals surface area contributed by atoms with Gasteiger partial charge in [0.25, 0.3) is 0 Å². The Bertz CT molecular complexity index is 1280. The lowest BCUT2D eigenvalue weighted by Crippen LogP contribution is -2.49. The molecular formula is C26H33N5O3S. The highest BCUT2D eigenvalue weighted by Crippen LogP contribution is 2.33. The zero-order valence-corrected chi connectivity index (χ0v) is 21.8. The van der Waals surface area contributed by atoms with Gasteiger partial charge in [-0.2, -0.15) is 9.29 Å². The van der Waals surface area contributed by atoms with Gasteiger partial charge in [-0.1, -0.05) is 45.0 Å². The summed E-state index contributed by atoms with van der Waals surface area (Å²) in [6, 6.07) is 17.1. The molecular weight excluding hydrogens is 462 g/mol. The highest BCUT2D eigenvalue weighted by atomic mass is 32.2. The van der Waals surface area contributed by atoms with E-state index in [1.54, 1.807) is 12.1 Å². The smallest absolute Gasteiger partial charge is 0.246 e. The Hall–Kier alpha value is -3.17.